The van der Waals surface area contributed by atoms with Gasteiger partial charge in [0.25, 0.3) is 0 Å². The van der Waals surface area contributed by atoms with Gasteiger partial charge in [0, 0.05) is 10.9 Å². The first-order valence-electron chi connectivity index (χ1n) is 3.95. The molecule has 0 aliphatic carbocycles. The number of carbonyl (C=O) groups is 1. The van der Waals surface area contributed by atoms with Crippen LogP contribution in [0.3, 0.4) is 0 Å². The number of esters is 1. The SMILES string of the molecule is O=C(CCCl)Oc1c(Cl)cc(Cl)cc1Cl. The van der Waals surface area contributed by atoms with Gasteiger partial charge in [0.2, 0.25) is 0 Å². The lowest BCUT2D eigenvalue weighted by atomic mass is 10.3. The van der Waals surface area contributed by atoms with Gasteiger partial charge >= 0.3 is 5.97 Å². The molecule has 0 spiro atoms. The van der Waals surface area contributed by atoms with E-state index in [0.717, 1.165) is 0 Å². The Hall–Kier alpha value is -0.150. The molecule has 6 heteroatoms. The molecular weight excluding hydrogens is 282 g/mol. The van der Waals surface area contributed by atoms with Gasteiger partial charge in [-0.3, -0.25) is 4.79 Å². The average molecular weight is 288 g/mol. The fourth-order valence-corrected chi connectivity index (χ4v) is 1.92. The van der Waals surface area contributed by atoms with Gasteiger partial charge in [0.05, 0.1) is 16.5 Å². The van der Waals surface area contributed by atoms with Crippen molar-refractivity contribution in [1.29, 1.82) is 0 Å². The van der Waals surface area contributed by atoms with Crippen molar-refractivity contribution in [1.82, 2.24) is 0 Å². The average Bonchev–Trinajstić information content (AvgIpc) is 2.11. The summed E-state index contributed by atoms with van der Waals surface area (Å²) in [4.78, 5) is 11.1. The van der Waals surface area contributed by atoms with Crippen LogP contribution < -0.4 is 4.74 Å². The van der Waals surface area contributed by atoms with Gasteiger partial charge in [-0.2, -0.15) is 0 Å². The molecule has 0 heterocycles. The van der Waals surface area contributed by atoms with E-state index in [2.05, 4.69) is 0 Å². The van der Waals surface area contributed by atoms with Crippen molar-refractivity contribution in [3.8, 4) is 5.75 Å². The summed E-state index contributed by atoms with van der Waals surface area (Å²) in [6.45, 7) is 0. The number of halogens is 4. The molecule has 0 aliphatic heterocycles. The molecule has 0 atom stereocenters. The second-order valence-corrected chi connectivity index (χ2v) is 4.24. The number of benzene rings is 1. The molecule has 0 unspecified atom stereocenters. The van der Waals surface area contributed by atoms with E-state index in [1.54, 1.807) is 0 Å². The number of alkyl halides is 1. The van der Waals surface area contributed by atoms with Crippen molar-refractivity contribution in [2.75, 3.05) is 5.88 Å². The lowest BCUT2D eigenvalue weighted by Crippen LogP contribution is -2.08. The van der Waals surface area contributed by atoms with E-state index < -0.39 is 5.97 Å². The Labute approximate surface area is 107 Å². The predicted octanol–water partition coefficient (Wildman–Crippen LogP) is 4.18. The predicted molar refractivity (Wildman–Crippen MR) is 62.4 cm³/mol. The molecule has 0 saturated carbocycles. The van der Waals surface area contributed by atoms with Crippen LogP contribution in [0.15, 0.2) is 12.1 Å². The van der Waals surface area contributed by atoms with Crippen LogP contribution in [0, 0.1) is 0 Å². The minimum atomic E-state index is -0.490. The molecule has 82 valence electrons. The number of hydrogen-bond acceptors (Lipinski definition) is 2. The molecule has 0 aliphatic rings. The largest absolute Gasteiger partial charge is 0.423 e. The summed E-state index contributed by atoms with van der Waals surface area (Å²) in [7, 11) is 0. The minimum absolute atomic E-state index is 0.0941. The maximum absolute atomic E-state index is 11.1. The Balaban J connectivity index is 2.90. The molecule has 0 N–H and O–H groups in total. The van der Waals surface area contributed by atoms with E-state index in [1.807, 2.05) is 0 Å². The molecule has 0 fully saturated rings. The summed E-state index contributed by atoms with van der Waals surface area (Å²) < 4.78 is 4.93. The van der Waals surface area contributed by atoms with E-state index >= 15 is 0 Å². The van der Waals surface area contributed by atoms with Crippen molar-refractivity contribution in [3.05, 3.63) is 27.2 Å². The third-order valence-electron chi connectivity index (χ3n) is 1.48. The molecular formula is C9H6Cl4O2. The Morgan fingerprint density at radius 2 is 1.73 bits per heavy atom. The van der Waals surface area contributed by atoms with E-state index in [1.165, 1.54) is 12.1 Å². The highest BCUT2D eigenvalue weighted by molar-refractivity contribution is 6.40. The maximum Gasteiger partial charge on any atom is 0.312 e. The smallest absolute Gasteiger partial charge is 0.312 e. The van der Waals surface area contributed by atoms with Gasteiger partial charge in [-0.05, 0) is 12.1 Å². The minimum Gasteiger partial charge on any atom is -0.423 e. The molecule has 0 amide bonds. The standard InChI is InChI=1S/C9H6Cl4O2/c10-2-1-8(14)15-9-6(12)3-5(11)4-7(9)13/h3-4H,1-2H2. The van der Waals surface area contributed by atoms with Crippen LogP contribution in [0.25, 0.3) is 0 Å². The third kappa shape index (κ3) is 3.72. The molecule has 1 aromatic carbocycles. The summed E-state index contributed by atoms with van der Waals surface area (Å²) in [6.07, 6.45) is 0.0941. The fraction of sp³-hybridized carbons (Fsp3) is 0.222. The number of hydrogen-bond donors (Lipinski definition) is 0. The van der Waals surface area contributed by atoms with Gasteiger partial charge in [0.15, 0.2) is 5.75 Å². The first-order chi connectivity index (χ1) is 7.04. The summed E-state index contributed by atoms with van der Waals surface area (Å²) in [6, 6.07) is 2.89. The highest BCUT2D eigenvalue weighted by atomic mass is 35.5. The lowest BCUT2D eigenvalue weighted by Gasteiger charge is -2.07. The maximum atomic E-state index is 11.1. The van der Waals surface area contributed by atoms with Crippen molar-refractivity contribution in [2.24, 2.45) is 0 Å². The first-order valence-corrected chi connectivity index (χ1v) is 5.62. The van der Waals surface area contributed by atoms with Gasteiger partial charge in [-0.25, -0.2) is 0 Å². The van der Waals surface area contributed by atoms with Gasteiger partial charge in [-0.15, -0.1) is 11.6 Å². The van der Waals surface area contributed by atoms with Crippen LogP contribution in [-0.4, -0.2) is 11.8 Å². The summed E-state index contributed by atoms with van der Waals surface area (Å²) in [5, 5.41) is 0.757. The lowest BCUT2D eigenvalue weighted by molar-refractivity contribution is -0.133. The van der Waals surface area contributed by atoms with E-state index in [0.29, 0.717) is 5.02 Å². The molecule has 1 aromatic rings. The Bertz CT molecular complexity index is 355. The normalized spacial score (nSPS) is 10.1. The second-order valence-electron chi connectivity index (χ2n) is 2.61. The molecule has 0 saturated heterocycles. The van der Waals surface area contributed by atoms with Crippen LogP contribution in [0.1, 0.15) is 6.42 Å². The van der Waals surface area contributed by atoms with Crippen LogP contribution in [0.5, 0.6) is 5.75 Å². The molecule has 2 nitrogen and oxygen atoms in total. The summed E-state index contributed by atoms with van der Waals surface area (Å²) >= 11 is 22.7. The zero-order chi connectivity index (χ0) is 11.4. The fourth-order valence-electron chi connectivity index (χ4n) is 0.868. The number of carbonyl (C=O) groups excluding carboxylic acids is 1. The topological polar surface area (TPSA) is 26.3 Å². The Morgan fingerprint density at radius 1 is 1.20 bits per heavy atom. The zero-order valence-electron chi connectivity index (χ0n) is 7.40. The van der Waals surface area contributed by atoms with Gasteiger partial charge in [-0.1, -0.05) is 34.8 Å². The van der Waals surface area contributed by atoms with E-state index in [9.17, 15) is 4.79 Å². The Kier molecular flexibility index (Phi) is 5.00. The monoisotopic (exact) mass is 286 g/mol. The van der Waals surface area contributed by atoms with E-state index in [4.69, 9.17) is 51.1 Å². The second kappa shape index (κ2) is 5.80. The van der Waals surface area contributed by atoms with Gasteiger partial charge in [0.1, 0.15) is 0 Å². The van der Waals surface area contributed by atoms with Crippen LogP contribution in [0.4, 0.5) is 0 Å². The van der Waals surface area contributed by atoms with Crippen LogP contribution in [0.2, 0.25) is 15.1 Å². The zero-order valence-corrected chi connectivity index (χ0v) is 10.4. The van der Waals surface area contributed by atoms with Gasteiger partial charge < -0.3 is 4.74 Å². The quantitative estimate of drug-likeness (QED) is 0.474. The highest BCUT2D eigenvalue weighted by Crippen LogP contribution is 2.35. The van der Waals surface area contributed by atoms with Crippen molar-refractivity contribution in [3.63, 3.8) is 0 Å². The van der Waals surface area contributed by atoms with Crippen molar-refractivity contribution >= 4 is 52.4 Å². The highest BCUT2D eigenvalue weighted by Gasteiger charge is 2.13. The summed E-state index contributed by atoms with van der Waals surface area (Å²) in [5.74, 6) is -0.198. The third-order valence-corrected chi connectivity index (χ3v) is 2.45. The van der Waals surface area contributed by atoms with Crippen molar-refractivity contribution < 1.29 is 9.53 Å². The molecule has 0 bridgehead atoms. The number of ether oxygens (including phenoxy) is 1. The number of rotatable bonds is 3. The van der Waals surface area contributed by atoms with Crippen LogP contribution >= 0.6 is 46.4 Å². The van der Waals surface area contributed by atoms with Crippen molar-refractivity contribution in [2.45, 2.75) is 6.42 Å². The molecule has 0 radical (unpaired) electrons. The Morgan fingerprint density at radius 3 is 2.20 bits per heavy atom. The first kappa shape index (κ1) is 12.9. The summed E-state index contributed by atoms with van der Waals surface area (Å²) in [5.41, 5.74) is 0. The van der Waals surface area contributed by atoms with Crippen LogP contribution in [-0.2, 0) is 4.79 Å². The molecule has 1 rings (SSSR count). The molecule has 15 heavy (non-hydrogen) atoms. The molecule has 0 aromatic heterocycles. The van der Waals surface area contributed by atoms with E-state index in [-0.39, 0.29) is 28.1 Å².